The van der Waals surface area contributed by atoms with Gasteiger partial charge >= 0.3 is 5.97 Å². The number of carbonyl (C=O) groups excluding carboxylic acids is 1. The van der Waals surface area contributed by atoms with Gasteiger partial charge in [0.25, 0.3) is 5.91 Å². The van der Waals surface area contributed by atoms with E-state index in [2.05, 4.69) is 10.3 Å². The van der Waals surface area contributed by atoms with Gasteiger partial charge in [-0.05, 0) is 67.5 Å². The molecule has 0 atom stereocenters. The number of rotatable bonds is 6. The second-order valence-corrected chi connectivity index (χ2v) is 10.3. The molecule has 0 saturated carbocycles. The van der Waals surface area contributed by atoms with Crippen molar-refractivity contribution in [2.75, 3.05) is 11.1 Å². The Labute approximate surface area is 181 Å². The SMILES string of the molecule is CCS(=O)(=O)c1ccc2c(c1)C(=Cc1[nH]c3c(c1CCC(=O)O)CCCCC3)C(=O)N2. The number of hydrogen-bond donors (Lipinski definition) is 3. The van der Waals surface area contributed by atoms with Crippen LogP contribution in [0.5, 0.6) is 0 Å². The van der Waals surface area contributed by atoms with E-state index in [4.69, 9.17) is 0 Å². The second-order valence-electron chi connectivity index (χ2n) is 8.05. The lowest BCUT2D eigenvalue weighted by Crippen LogP contribution is -2.04. The smallest absolute Gasteiger partial charge is 0.303 e. The molecule has 31 heavy (non-hydrogen) atoms. The first-order valence-electron chi connectivity index (χ1n) is 10.6. The highest BCUT2D eigenvalue weighted by Gasteiger charge is 2.28. The summed E-state index contributed by atoms with van der Waals surface area (Å²) in [5, 5.41) is 12.0. The number of benzene rings is 1. The Hall–Kier alpha value is -2.87. The highest BCUT2D eigenvalue weighted by atomic mass is 32.2. The van der Waals surface area contributed by atoms with Crippen molar-refractivity contribution in [3.63, 3.8) is 0 Å². The number of carbonyl (C=O) groups is 2. The molecular weight excluding hydrogens is 416 g/mol. The summed E-state index contributed by atoms with van der Waals surface area (Å²) < 4.78 is 24.7. The predicted octanol–water partition coefficient (Wildman–Crippen LogP) is 3.59. The molecule has 8 heteroatoms. The quantitative estimate of drug-likeness (QED) is 0.467. The highest BCUT2D eigenvalue weighted by Crippen LogP contribution is 2.36. The minimum absolute atomic E-state index is 0.0160. The predicted molar refractivity (Wildman–Crippen MR) is 119 cm³/mol. The van der Waals surface area contributed by atoms with Gasteiger partial charge in [-0.3, -0.25) is 9.59 Å². The van der Waals surface area contributed by atoms with Crippen molar-refractivity contribution in [3.8, 4) is 0 Å². The lowest BCUT2D eigenvalue weighted by Gasteiger charge is -2.06. The third-order valence-corrected chi connectivity index (χ3v) is 7.82. The number of amides is 1. The highest BCUT2D eigenvalue weighted by molar-refractivity contribution is 7.91. The van der Waals surface area contributed by atoms with Crippen LogP contribution in [0.1, 0.15) is 60.7 Å². The zero-order chi connectivity index (χ0) is 22.2. The molecule has 1 amide bonds. The van der Waals surface area contributed by atoms with Gasteiger partial charge in [-0.15, -0.1) is 0 Å². The fourth-order valence-electron chi connectivity index (χ4n) is 4.41. The first-order chi connectivity index (χ1) is 14.8. The number of hydrogen-bond acceptors (Lipinski definition) is 4. The molecular formula is C23H26N2O5S. The molecule has 0 radical (unpaired) electrons. The lowest BCUT2D eigenvalue weighted by atomic mass is 9.98. The molecule has 3 N–H and O–H groups in total. The first-order valence-corrected chi connectivity index (χ1v) is 12.3. The number of anilines is 1. The van der Waals surface area contributed by atoms with Crippen molar-refractivity contribution in [3.05, 3.63) is 46.3 Å². The maximum Gasteiger partial charge on any atom is 0.303 e. The number of aryl methyl sites for hydroxylation is 1. The summed E-state index contributed by atoms with van der Waals surface area (Å²) in [6.45, 7) is 1.59. The van der Waals surface area contributed by atoms with Gasteiger partial charge in [0.2, 0.25) is 0 Å². The van der Waals surface area contributed by atoms with Gasteiger partial charge < -0.3 is 15.4 Å². The van der Waals surface area contributed by atoms with Crippen molar-refractivity contribution in [2.45, 2.75) is 56.8 Å². The number of nitrogens with one attached hydrogen (secondary N) is 2. The normalized spacial score (nSPS) is 17.2. The molecule has 0 spiro atoms. The number of sulfone groups is 1. The number of carboxylic acids is 1. The van der Waals surface area contributed by atoms with Crippen molar-refractivity contribution >= 4 is 39.1 Å². The monoisotopic (exact) mass is 442 g/mol. The van der Waals surface area contributed by atoms with Gasteiger partial charge in [0, 0.05) is 29.1 Å². The minimum atomic E-state index is -3.41. The molecule has 2 heterocycles. The van der Waals surface area contributed by atoms with Gasteiger partial charge in [-0.2, -0.15) is 0 Å². The third kappa shape index (κ3) is 4.17. The molecule has 0 unspecified atom stereocenters. The average molecular weight is 443 g/mol. The van der Waals surface area contributed by atoms with Crippen LogP contribution in [0, 0.1) is 0 Å². The standard InChI is InChI=1S/C23H26N2O5S/c1-2-31(29,30)14-8-10-20-17(12-14)18(23(28)25-20)13-21-16(9-11-22(26)27)15-6-4-3-5-7-19(15)24-21/h8,10,12-13,24H,2-7,9,11H2,1H3,(H,25,28)(H,26,27). The second kappa shape index (κ2) is 8.34. The molecule has 0 bridgehead atoms. The summed E-state index contributed by atoms with van der Waals surface area (Å²) in [7, 11) is -3.41. The van der Waals surface area contributed by atoms with Gasteiger partial charge in [-0.25, -0.2) is 8.42 Å². The number of aromatic amines is 1. The molecule has 1 aliphatic carbocycles. The van der Waals surface area contributed by atoms with Crippen LogP contribution in [0.2, 0.25) is 0 Å². The minimum Gasteiger partial charge on any atom is -0.481 e. The first kappa shape index (κ1) is 21.4. The maximum atomic E-state index is 12.7. The molecule has 2 aromatic rings. The molecule has 0 fully saturated rings. The maximum absolute atomic E-state index is 12.7. The van der Waals surface area contributed by atoms with Crippen molar-refractivity contribution in [1.82, 2.24) is 4.98 Å². The Balaban J connectivity index is 1.81. The number of aromatic nitrogens is 1. The fraction of sp³-hybridized carbons (Fsp3) is 0.391. The Morgan fingerprint density at radius 2 is 1.97 bits per heavy atom. The van der Waals surface area contributed by atoms with Gasteiger partial charge in [0.15, 0.2) is 9.84 Å². The lowest BCUT2D eigenvalue weighted by molar-refractivity contribution is -0.137. The number of fused-ring (bicyclic) bond motifs is 2. The van der Waals surface area contributed by atoms with Crippen LogP contribution in [0.15, 0.2) is 23.1 Å². The van der Waals surface area contributed by atoms with E-state index in [1.807, 2.05) is 0 Å². The molecule has 1 aliphatic heterocycles. The summed E-state index contributed by atoms with van der Waals surface area (Å²) in [6.07, 6.45) is 7.22. The molecule has 4 rings (SSSR count). The van der Waals surface area contributed by atoms with Crippen molar-refractivity contribution < 1.29 is 23.1 Å². The molecule has 1 aromatic heterocycles. The topological polar surface area (TPSA) is 116 Å². The number of H-pyrrole nitrogens is 1. The van der Waals surface area contributed by atoms with Crippen LogP contribution in [-0.2, 0) is 38.7 Å². The van der Waals surface area contributed by atoms with E-state index in [1.54, 1.807) is 25.1 Å². The summed E-state index contributed by atoms with van der Waals surface area (Å²) in [5.41, 5.74) is 5.49. The molecule has 2 aliphatic rings. The Bertz CT molecular complexity index is 1190. The van der Waals surface area contributed by atoms with Gasteiger partial charge in [0.1, 0.15) is 0 Å². The van der Waals surface area contributed by atoms with E-state index in [9.17, 15) is 23.1 Å². The zero-order valence-corrected chi connectivity index (χ0v) is 18.3. The van der Waals surface area contributed by atoms with Crippen LogP contribution < -0.4 is 5.32 Å². The Kier molecular flexibility index (Phi) is 5.75. The van der Waals surface area contributed by atoms with E-state index in [0.29, 0.717) is 23.2 Å². The number of carboxylic acid groups (broad SMARTS) is 1. The van der Waals surface area contributed by atoms with Crippen LogP contribution in [0.4, 0.5) is 5.69 Å². The summed E-state index contributed by atoms with van der Waals surface area (Å²) >= 11 is 0. The van der Waals surface area contributed by atoms with Crippen LogP contribution in [0.3, 0.4) is 0 Å². The zero-order valence-electron chi connectivity index (χ0n) is 17.5. The van der Waals surface area contributed by atoms with E-state index < -0.39 is 15.8 Å². The van der Waals surface area contributed by atoms with Crippen molar-refractivity contribution in [2.24, 2.45) is 0 Å². The number of aliphatic carboxylic acids is 1. The molecule has 7 nitrogen and oxygen atoms in total. The van der Waals surface area contributed by atoms with Gasteiger partial charge in [-0.1, -0.05) is 13.3 Å². The van der Waals surface area contributed by atoms with Crippen LogP contribution in [-0.4, -0.2) is 36.1 Å². The Morgan fingerprint density at radius 1 is 1.19 bits per heavy atom. The summed E-state index contributed by atoms with van der Waals surface area (Å²) in [5.74, 6) is -1.18. The molecule has 0 saturated heterocycles. The fourth-order valence-corrected chi connectivity index (χ4v) is 5.32. The largest absolute Gasteiger partial charge is 0.481 e. The molecule has 1 aromatic carbocycles. The van der Waals surface area contributed by atoms with Crippen molar-refractivity contribution in [1.29, 1.82) is 0 Å². The summed E-state index contributed by atoms with van der Waals surface area (Å²) in [6, 6.07) is 4.67. The molecule has 164 valence electrons. The summed E-state index contributed by atoms with van der Waals surface area (Å²) in [4.78, 5) is 27.5. The van der Waals surface area contributed by atoms with E-state index in [0.717, 1.165) is 49.1 Å². The van der Waals surface area contributed by atoms with Gasteiger partial charge in [0.05, 0.1) is 16.2 Å². The van der Waals surface area contributed by atoms with E-state index >= 15 is 0 Å². The third-order valence-electron chi connectivity index (χ3n) is 6.08. The van der Waals surface area contributed by atoms with Crippen LogP contribution in [0.25, 0.3) is 11.6 Å². The van der Waals surface area contributed by atoms with E-state index in [1.165, 1.54) is 11.6 Å². The van der Waals surface area contributed by atoms with E-state index in [-0.39, 0.29) is 23.0 Å². The van der Waals surface area contributed by atoms with Crippen LogP contribution >= 0.6 is 0 Å². The average Bonchev–Trinajstić information content (AvgIpc) is 3.11. The Morgan fingerprint density at radius 3 is 2.71 bits per heavy atom.